The molecule has 0 aromatic rings. The third kappa shape index (κ3) is 4.83. The second-order valence-corrected chi connectivity index (χ2v) is 7.17. The van der Waals surface area contributed by atoms with E-state index in [1.807, 2.05) is 13.8 Å². The second-order valence-electron chi connectivity index (χ2n) is 7.17. The molecule has 1 unspecified atom stereocenters. The first kappa shape index (κ1) is 19.0. The smallest absolute Gasteiger partial charge is 0.227 e. The van der Waals surface area contributed by atoms with Gasteiger partial charge in [0.25, 0.3) is 0 Å². The van der Waals surface area contributed by atoms with Crippen molar-refractivity contribution in [2.45, 2.75) is 33.2 Å². The number of amides is 1. The molecule has 24 heavy (non-hydrogen) atoms. The van der Waals surface area contributed by atoms with Crippen LogP contribution >= 0.6 is 0 Å². The van der Waals surface area contributed by atoms with Crippen molar-refractivity contribution in [1.82, 2.24) is 20.4 Å². The molecule has 0 aromatic carbocycles. The van der Waals surface area contributed by atoms with Crippen molar-refractivity contribution >= 4 is 11.9 Å². The Balaban J connectivity index is 1.97. The minimum absolute atomic E-state index is 0.0229. The normalized spacial score (nSPS) is 23.4. The average Bonchev–Trinajstić information content (AvgIpc) is 3.08. The van der Waals surface area contributed by atoms with Crippen LogP contribution < -0.4 is 10.6 Å². The van der Waals surface area contributed by atoms with Gasteiger partial charge in [0.1, 0.15) is 0 Å². The number of nitrogens with zero attached hydrogens (tertiary/aromatic N) is 3. The zero-order valence-electron chi connectivity index (χ0n) is 15.6. The van der Waals surface area contributed by atoms with Gasteiger partial charge in [0.2, 0.25) is 5.91 Å². The van der Waals surface area contributed by atoms with Crippen LogP contribution in [0.15, 0.2) is 4.99 Å². The summed E-state index contributed by atoms with van der Waals surface area (Å²) >= 11 is 0. The number of rotatable bonds is 5. The lowest BCUT2D eigenvalue weighted by Crippen LogP contribution is -2.47. The lowest BCUT2D eigenvalue weighted by atomic mass is 9.93. The van der Waals surface area contributed by atoms with Crippen LogP contribution in [0.2, 0.25) is 0 Å². The molecule has 2 N–H and O–H groups in total. The molecule has 2 fully saturated rings. The van der Waals surface area contributed by atoms with E-state index in [2.05, 4.69) is 27.4 Å². The second kappa shape index (κ2) is 8.67. The third-order valence-electron chi connectivity index (χ3n) is 4.83. The van der Waals surface area contributed by atoms with Crippen LogP contribution in [0.1, 0.15) is 27.2 Å². The van der Waals surface area contributed by atoms with Gasteiger partial charge in [-0.2, -0.15) is 0 Å². The Kier molecular flexibility index (Phi) is 6.86. The molecule has 2 aliphatic heterocycles. The minimum Gasteiger partial charge on any atom is -0.379 e. The first-order chi connectivity index (χ1) is 11.5. The summed E-state index contributed by atoms with van der Waals surface area (Å²) in [5, 5.41) is 6.10. The number of carbonyl (C=O) groups is 1. The number of likely N-dealkylation sites (tertiary alicyclic amines) is 1. The number of morpholine rings is 1. The number of hydrogen-bond donors (Lipinski definition) is 2. The Morgan fingerprint density at radius 1 is 1.29 bits per heavy atom. The SMILES string of the molecule is CCNC(=NCC(C)(C)C(=O)NC)N1CCC(N2CCOCC2)C1. The maximum Gasteiger partial charge on any atom is 0.227 e. The van der Waals surface area contributed by atoms with Crippen LogP contribution in [0.5, 0.6) is 0 Å². The molecule has 0 aliphatic carbocycles. The van der Waals surface area contributed by atoms with Crippen molar-refractivity contribution in [2.24, 2.45) is 10.4 Å². The lowest BCUT2D eigenvalue weighted by molar-refractivity contribution is -0.128. The molecule has 7 heteroatoms. The van der Waals surface area contributed by atoms with Crippen molar-refractivity contribution in [2.75, 3.05) is 59.5 Å². The van der Waals surface area contributed by atoms with Gasteiger partial charge in [0, 0.05) is 45.8 Å². The van der Waals surface area contributed by atoms with Crippen LogP contribution in [0.25, 0.3) is 0 Å². The van der Waals surface area contributed by atoms with Crippen LogP contribution in [-0.2, 0) is 9.53 Å². The zero-order valence-corrected chi connectivity index (χ0v) is 15.6. The summed E-state index contributed by atoms with van der Waals surface area (Å²) in [4.78, 5) is 21.5. The van der Waals surface area contributed by atoms with Crippen molar-refractivity contribution < 1.29 is 9.53 Å². The number of hydrogen-bond acceptors (Lipinski definition) is 4. The van der Waals surface area contributed by atoms with Gasteiger partial charge in [-0.3, -0.25) is 14.7 Å². The van der Waals surface area contributed by atoms with Crippen LogP contribution in [-0.4, -0.2) is 87.2 Å². The summed E-state index contributed by atoms with van der Waals surface area (Å²) in [6.45, 7) is 13.0. The molecule has 138 valence electrons. The van der Waals surface area contributed by atoms with Crippen molar-refractivity contribution in [3.05, 3.63) is 0 Å². The zero-order chi connectivity index (χ0) is 17.6. The Labute approximate surface area is 145 Å². The molecule has 2 heterocycles. The molecule has 0 saturated carbocycles. The van der Waals surface area contributed by atoms with E-state index < -0.39 is 5.41 Å². The first-order valence-electron chi connectivity index (χ1n) is 9.05. The maximum absolute atomic E-state index is 12.0. The fourth-order valence-electron chi connectivity index (χ4n) is 3.28. The highest BCUT2D eigenvalue weighted by molar-refractivity contribution is 5.83. The summed E-state index contributed by atoms with van der Waals surface area (Å²) in [7, 11) is 1.67. The van der Waals surface area contributed by atoms with Gasteiger partial charge in [-0.25, -0.2) is 0 Å². The molecular weight excluding hydrogens is 306 g/mol. The summed E-state index contributed by atoms with van der Waals surface area (Å²) in [6.07, 6.45) is 1.16. The Bertz CT molecular complexity index is 446. The Hall–Kier alpha value is -1.34. The van der Waals surface area contributed by atoms with Gasteiger partial charge in [0.05, 0.1) is 25.2 Å². The standard InChI is InChI=1S/C17H33N5O2/c1-5-19-16(20-13-17(2,3)15(23)18-4)22-7-6-14(12-22)21-8-10-24-11-9-21/h14H,5-13H2,1-4H3,(H,18,23)(H,19,20). The van der Waals surface area contributed by atoms with E-state index in [9.17, 15) is 4.79 Å². The molecule has 2 rings (SSSR count). The van der Waals surface area contributed by atoms with E-state index >= 15 is 0 Å². The maximum atomic E-state index is 12.0. The molecule has 7 nitrogen and oxygen atoms in total. The van der Waals surface area contributed by atoms with Gasteiger partial charge < -0.3 is 20.3 Å². The summed E-state index contributed by atoms with van der Waals surface area (Å²) < 4.78 is 5.45. The fraction of sp³-hybridized carbons (Fsp3) is 0.882. The highest BCUT2D eigenvalue weighted by atomic mass is 16.5. The predicted molar refractivity (Wildman–Crippen MR) is 96.2 cm³/mol. The third-order valence-corrected chi connectivity index (χ3v) is 4.83. The molecule has 0 bridgehead atoms. The van der Waals surface area contributed by atoms with Crippen LogP contribution in [0, 0.1) is 5.41 Å². The molecule has 0 aromatic heterocycles. The van der Waals surface area contributed by atoms with Crippen molar-refractivity contribution in [3.63, 3.8) is 0 Å². The van der Waals surface area contributed by atoms with Crippen molar-refractivity contribution in [1.29, 1.82) is 0 Å². The Morgan fingerprint density at radius 2 is 2.00 bits per heavy atom. The topological polar surface area (TPSA) is 69.2 Å². The molecule has 0 spiro atoms. The fourth-order valence-corrected chi connectivity index (χ4v) is 3.28. The first-order valence-corrected chi connectivity index (χ1v) is 9.05. The molecule has 1 amide bonds. The van der Waals surface area contributed by atoms with Gasteiger partial charge in [0.15, 0.2) is 5.96 Å². The number of nitrogens with one attached hydrogen (secondary N) is 2. The predicted octanol–water partition coefficient (Wildman–Crippen LogP) is 0.131. The van der Waals surface area contributed by atoms with E-state index in [1.165, 1.54) is 0 Å². The largest absolute Gasteiger partial charge is 0.379 e. The van der Waals surface area contributed by atoms with Crippen LogP contribution in [0.3, 0.4) is 0 Å². The highest BCUT2D eigenvalue weighted by Crippen LogP contribution is 2.19. The highest BCUT2D eigenvalue weighted by Gasteiger charge is 2.31. The van der Waals surface area contributed by atoms with E-state index in [4.69, 9.17) is 9.73 Å². The molecular formula is C17H33N5O2. The van der Waals surface area contributed by atoms with E-state index in [-0.39, 0.29) is 5.91 Å². The van der Waals surface area contributed by atoms with E-state index in [1.54, 1.807) is 7.05 Å². The van der Waals surface area contributed by atoms with E-state index in [0.717, 1.165) is 58.3 Å². The number of ether oxygens (including phenoxy) is 1. The molecule has 2 saturated heterocycles. The van der Waals surface area contributed by atoms with Crippen molar-refractivity contribution in [3.8, 4) is 0 Å². The lowest BCUT2D eigenvalue weighted by Gasteiger charge is -2.32. The number of carbonyl (C=O) groups excluding carboxylic acids is 1. The van der Waals surface area contributed by atoms with Gasteiger partial charge in [-0.1, -0.05) is 0 Å². The quantitative estimate of drug-likeness (QED) is 0.550. The summed E-state index contributed by atoms with van der Waals surface area (Å²) in [6, 6.07) is 0.574. The van der Waals surface area contributed by atoms with Crippen LogP contribution in [0.4, 0.5) is 0 Å². The molecule has 0 radical (unpaired) electrons. The summed E-state index contributed by atoms with van der Waals surface area (Å²) in [5.41, 5.74) is -0.501. The van der Waals surface area contributed by atoms with Gasteiger partial charge in [-0.05, 0) is 27.2 Å². The average molecular weight is 339 g/mol. The van der Waals surface area contributed by atoms with Gasteiger partial charge >= 0.3 is 0 Å². The minimum atomic E-state index is -0.501. The van der Waals surface area contributed by atoms with E-state index in [0.29, 0.717) is 12.6 Å². The molecule has 1 atom stereocenters. The number of guanidine groups is 1. The number of aliphatic imine (C=N–C) groups is 1. The van der Waals surface area contributed by atoms with Gasteiger partial charge in [-0.15, -0.1) is 0 Å². The summed E-state index contributed by atoms with van der Waals surface area (Å²) in [5.74, 6) is 0.944. The Morgan fingerprint density at radius 3 is 2.62 bits per heavy atom. The molecule has 2 aliphatic rings. The monoisotopic (exact) mass is 339 g/mol.